The van der Waals surface area contributed by atoms with E-state index in [-0.39, 0.29) is 11.4 Å². The SMILES string of the molecule is Cc1nc(NCCNS(=O)(=O)c2ccc(I)cc2)cc(Nc2ccccn2)n1. The molecule has 2 aromatic heterocycles. The number of hydrogen-bond donors (Lipinski definition) is 3. The largest absolute Gasteiger partial charge is 0.369 e. The fourth-order valence-corrected chi connectivity index (χ4v) is 3.75. The molecule has 0 amide bonds. The second kappa shape index (κ2) is 9.26. The van der Waals surface area contributed by atoms with Crippen molar-refractivity contribution in [2.75, 3.05) is 23.7 Å². The van der Waals surface area contributed by atoms with Gasteiger partial charge >= 0.3 is 0 Å². The third-order valence-corrected chi connectivity index (χ3v) is 5.80. The van der Waals surface area contributed by atoms with Gasteiger partial charge in [0.2, 0.25) is 10.0 Å². The van der Waals surface area contributed by atoms with Crippen LogP contribution in [0.3, 0.4) is 0 Å². The molecule has 0 saturated heterocycles. The molecule has 3 rings (SSSR count). The first-order chi connectivity index (χ1) is 13.4. The quantitative estimate of drug-likeness (QED) is 0.316. The first-order valence-electron chi connectivity index (χ1n) is 8.45. The average molecular weight is 510 g/mol. The van der Waals surface area contributed by atoms with E-state index in [1.54, 1.807) is 43.5 Å². The van der Waals surface area contributed by atoms with Gasteiger partial charge in [-0.3, -0.25) is 0 Å². The molecule has 0 aliphatic heterocycles. The fourth-order valence-electron chi connectivity index (χ4n) is 2.36. The maximum atomic E-state index is 12.3. The zero-order chi connectivity index (χ0) is 20.0. The maximum Gasteiger partial charge on any atom is 0.240 e. The van der Waals surface area contributed by atoms with Gasteiger partial charge in [-0.25, -0.2) is 28.1 Å². The summed E-state index contributed by atoms with van der Waals surface area (Å²) in [5.74, 6) is 2.47. The van der Waals surface area contributed by atoms with Crippen LogP contribution in [0.5, 0.6) is 0 Å². The number of nitrogens with zero attached hydrogens (tertiary/aromatic N) is 3. The van der Waals surface area contributed by atoms with Crippen molar-refractivity contribution in [2.24, 2.45) is 0 Å². The number of anilines is 3. The van der Waals surface area contributed by atoms with E-state index in [0.717, 1.165) is 3.57 Å². The predicted molar refractivity (Wildman–Crippen MR) is 117 cm³/mol. The van der Waals surface area contributed by atoms with Crippen molar-refractivity contribution in [3.63, 3.8) is 0 Å². The molecular weight excluding hydrogens is 491 g/mol. The zero-order valence-electron chi connectivity index (χ0n) is 15.1. The van der Waals surface area contributed by atoms with Crippen LogP contribution in [-0.2, 0) is 10.0 Å². The number of nitrogens with one attached hydrogen (secondary N) is 3. The molecule has 0 unspecified atom stereocenters. The van der Waals surface area contributed by atoms with Crippen LogP contribution in [-0.4, -0.2) is 36.5 Å². The van der Waals surface area contributed by atoms with E-state index < -0.39 is 10.0 Å². The molecule has 146 valence electrons. The Bertz CT molecular complexity index is 1030. The van der Waals surface area contributed by atoms with Gasteiger partial charge in [-0.2, -0.15) is 0 Å². The van der Waals surface area contributed by atoms with E-state index in [1.807, 2.05) is 18.2 Å². The van der Waals surface area contributed by atoms with Crippen LogP contribution in [0.1, 0.15) is 5.82 Å². The number of rotatable bonds is 8. The monoisotopic (exact) mass is 510 g/mol. The third kappa shape index (κ3) is 5.84. The molecule has 3 N–H and O–H groups in total. The highest BCUT2D eigenvalue weighted by Gasteiger charge is 2.12. The van der Waals surface area contributed by atoms with Gasteiger partial charge in [0.15, 0.2) is 0 Å². The van der Waals surface area contributed by atoms with Crippen LogP contribution < -0.4 is 15.4 Å². The Labute approximate surface area is 177 Å². The van der Waals surface area contributed by atoms with Gasteiger partial charge in [0.05, 0.1) is 4.90 Å². The van der Waals surface area contributed by atoms with Gasteiger partial charge in [-0.05, 0) is 65.9 Å². The predicted octanol–water partition coefficient (Wildman–Crippen LogP) is 2.92. The molecule has 0 aliphatic carbocycles. The van der Waals surface area contributed by atoms with Gasteiger partial charge in [-0.15, -0.1) is 0 Å². The van der Waals surface area contributed by atoms with Crippen molar-refractivity contribution in [3.8, 4) is 0 Å². The number of halogens is 1. The van der Waals surface area contributed by atoms with Gasteiger partial charge in [0, 0.05) is 28.9 Å². The normalized spacial score (nSPS) is 11.2. The fraction of sp³-hybridized carbons (Fsp3) is 0.167. The minimum atomic E-state index is -3.54. The summed E-state index contributed by atoms with van der Waals surface area (Å²) in [5.41, 5.74) is 0. The summed E-state index contributed by atoms with van der Waals surface area (Å²) in [6, 6.07) is 14.0. The average Bonchev–Trinajstić information content (AvgIpc) is 2.66. The second-order valence-electron chi connectivity index (χ2n) is 5.80. The van der Waals surface area contributed by atoms with Crippen LogP contribution >= 0.6 is 22.6 Å². The van der Waals surface area contributed by atoms with Gasteiger partial charge in [0.1, 0.15) is 23.3 Å². The Morgan fingerprint density at radius 1 is 0.964 bits per heavy atom. The van der Waals surface area contributed by atoms with Crippen LogP contribution in [0.2, 0.25) is 0 Å². The van der Waals surface area contributed by atoms with Gasteiger partial charge < -0.3 is 10.6 Å². The minimum absolute atomic E-state index is 0.223. The van der Waals surface area contributed by atoms with Crippen molar-refractivity contribution in [1.29, 1.82) is 0 Å². The molecule has 0 radical (unpaired) electrons. The molecule has 0 saturated carbocycles. The lowest BCUT2D eigenvalue weighted by Gasteiger charge is -2.11. The summed E-state index contributed by atoms with van der Waals surface area (Å²) in [6.07, 6.45) is 1.69. The van der Waals surface area contributed by atoms with Crippen molar-refractivity contribution in [3.05, 3.63) is 64.1 Å². The number of aromatic nitrogens is 3. The summed E-state index contributed by atoms with van der Waals surface area (Å²) < 4.78 is 28.1. The number of benzene rings is 1. The van der Waals surface area contributed by atoms with Crippen LogP contribution in [0.25, 0.3) is 0 Å². The number of aryl methyl sites for hydroxylation is 1. The topological polar surface area (TPSA) is 109 Å². The summed E-state index contributed by atoms with van der Waals surface area (Å²) >= 11 is 2.13. The Hall–Kier alpha value is -2.31. The first kappa shape index (κ1) is 20.4. The molecule has 0 fully saturated rings. The lowest BCUT2D eigenvalue weighted by Crippen LogP contribution is -2.29. The van der Waals surface area contributed by atoms with Crippen molar-refractivity contribution < 1.29 is 8.42 Å². The minimum Gasteiger partial charge on any atom is -0.369 e. The molecule has 0 atom stereocenters. The molecule has 3 aromatic rings. The molecule has 0 spiro atoms. The van der Waals surface area contributed by atoms with E-state index in [2.05, 4.69) is 52.9 Å². The molecule has 1 aromatic carbocycles. The zero-order valence-corrected chi connectivity index (χ0v) is 18.0. The van der Waals surface area contributed by atoms with Gasteiger partial charge in [0.25, 0.3) is 0 Å². The second-order valence-corrected chi connectivity index (χ2v) is 8.82. The smallest absolute Gasteiger partial charge is 0.240 e. The first-order valence-corrected chi connectivity index (χ1v) is 11.0. The van der Waals surface area contributed by atoms with E-state index in [0.29, 0.717) is 29.8 Å². The highest BCUT2D eigenvalue weighted by atomic mass is 127. The highest BCUT2D eigenvalue weighted by molar-refractivity contribution is 14.1. The molecule has 8 nitrogen and oxygen atoms in total. The third-order valence-electron chi connectivity index (χ3n) is 3.61. The van der Waals surface area contributed by atoms with E-state index >= 15 is 0 Å². The van der Waals surface area contributed by atoms with Crippen LogP contribution in [0.4, 0.5) is 17.5 Å². The van der Waals surface area contributed by atoms with E-state index in [4.69, 9.17) is 0 Å². The van der Waals surface area contributed by atoms with Crippen LogP contribution in [0.15, 0.2) is 59.6 Å². The lowest BCUT2D eigenvalue weighted by molar-refractivity contribution is 0.583. The summed E-state index contributed by atoms with van der Waals surface area (Å²) in [7, 11) is -3.54. The summed E-state index contributed by atoms with van der Waals surface area (Å²) in [5, 5.41) is 6.22. The Morgan fingerprint density at radius 3 is 2.43 bits per heavy atom. The number of sulfonamides is 1. The van der Waals surface area contributed by atoms with Crippen molar-refractivity contribution >= 4 is 50.1 Å². The van der Waals surface area contributed by atoms with E-state index in [9.17, 15) is 8.42 Å². The summed E-state index contributed by atoms with van der Waals surface area (Å²) in [4.78, 5) is 13.1. The standard InChI is InChI=1S/C18H19IN6O2S/c1-13-23-17(12-18(24-13)25-16-4-2-3-9-20-16)21-10-11-22-28(26,27)15-7-5-14(19)6-8-15/h2-9,12,22H,10-11H2,1H3,(H2,20,21,23,24,25). The molecule has 0 bridgehead atoms. The highest BCUT2D eigenvalue weighted by Crippen LogP contribution is 2.15. The molecule has 0 aliphatic rings. The molecule has 2 heterocycles. The van der Waals surface area contributed by atoms with E-state index in [1.165, 1.54) is 0 Å². The van der Waals surface area contributed by atoms with Crippen molar-refractivity contribution in [2.45, 2.75) is 11.8 Å². The van der Waals surface area contributed by atoms with Crippen LogP contribution in [0, 0.1) is 10.5 Å². The number of hydrogen-bond acceptors (Lipinski definition) is 7. The number of pyridine rings is 1. The lowest BCUT2D eigenvalue weighted by atomic mass is 10.4. The Balaban J connectivity index is 1.56. The maximum absolute atomic E-state index is 12.3. The molecular formula is C18H19IN6O2S. The Morgan fingerprint density at radius 2 is 1.71 bits per heavy atom. The Kier molecular flexibility index (Phi) is 6.75. The summed E-state index contributed by atoms with van der Waals surface area (Å²) in [6.45, 7) is 2.39. The molecule has 28 heavy (non-hydrogen) atoms. The van der Waals surface area contributed by atoms with Gasteiger partial charge in [-0.1, -0.05) is 6.07 Å². The molecule has 10 heteroatoms. The van der Waals surface area contributed by atoms with Crippen molar-refractivity contribution in [1.82, 2.24) is 19.7 Å².